The topological polar surface area (TPSA) is 65.8 Å². The summed E-state index contributed by atoms with van der Waals surface area (Å²) in [6, 6.07) is 1.60. The summed E-state index contributed by atoms with van der Waals surface area (Å²) in [6.45, 7) is 5.78. The molecule has 25 heavy (non-hydrogen) atoms. The van der Waals surface area contributed by atoms with E-state index in [4.69, 9.17) is 4.99 Å². The molecule has 0 unspecified atom stereocenters. The Kier molecular flexibility index (Phi) is 4.33. The van der Waals surface area contributed by atoms with Gasteiger partial charge in [-0.1, -0.05) is 12.2 Å². The van der Waals surface area contributed by atoms with Crippen molar-refractivity contribution in [3.63, 3.8) is 0 Å². The Morgan fingerprint density at radius 2 is 2.00 bits per heavy atom. The van der Waals surface area contributed by atoms with Crippen LogP contribution in [0.4, 0.5) is 5.95 Å². The number of nitrogens with zero attached hydrogens (tertiary/aromatic N) is 5. The van der Waals surface area contributed by atoms with Gasteiger partial charge in [-0.2, -0.15) is 0 Å². The van der Waals surface area contributed by atoms with Crippen LogP contribution in [0.1, 0.15) is 31.1 Å². The maximum absolute atomic E-state index is 12.6. The van der Waals surface area contributed by atoms with Gasteiger partial charge in [0.1, 0.15) is 6.17 Å². The highest BCUT2D eigenvalue weighted by Gasteiger charge is 2.32. The molecule has 2 atom stereocenters. The van der Waals surface area contributed by atoms with E-state index in [9.17, 15) is 4.79 Å². The summed E-state index contributed by atoms with van der Waals surface area (Å²) in [4.78, 5) is 26.8. The smallest absolute Gasteiger partial charge is 0.256 e. The van der Waals surface area contributed by atoms with Gasteiger partial charge in [0, 0.05) is 43.9 Å². The van der Waals surface area contributed by atoms with Crippen LogP contribution in [0.2, 0.25) is 0 Å². The van der Waals surface area contributed by atoms with E-state index in [0.717, 1.165) is 57.1 Å². The minimum Gasteiger partial charge on any atom is -0.340 e. The summed E-state index contributed by atoms with van der Waals surface area (Å²) in [7, 11) is 2.14. The third-order valence-corrected chi connectivity index (χ3v) is 5.36. The van der Waals surface area contributed by atoms with Crippen molar-refractivity contribution < 1.29 is 0 Å². The Labute approximate surface area is 148 Å². The number of aromatic nitrogens is 2. The highest BCUT2D eigenvalue weighted by molar-refractivity contribution is 5.93. The molecule has 1 fully saturated rings. The van der Waals surface area contributed by atoms with Crippen LogP contribution < -0.4 is 10.9 Å². The Balaban J connectivity index is 1.71. The number of likely N-dealkylation sites (N-methyl/N-ethyl adjacent to an activating group) is 1. The zero-order valence-corrected chi connectivity index (χ0v) is 15.0. The van der Waals surface area contributed by atoms with Gasteiger partial charge >= 0.3 is 0 Å². The number of guanidine groups is 1. The van der Waals surface area contributed by atoms with Crippen LogP contribution in [0.15, 0.2) is 28.0 Å². The predicted octanol–water partition coefficient (Wildman–Crippen LogP) is 1.44. The lowest BCUT2D eigenvalue weighted by Crippen LogP contribution is -2.51. The highest BCUT2D eigenvalue weighted by atomic mass is 16.1. The third kappa shape index (κ3) is 3.20. The van der Waals surface area contributed by atoms with Crippen LogP contribution in [0.25, 0.3) is 0 Å². The Morgan fingerprint density at radius 1 is 1.20 bits per heavy atom. The van der Waals surface area contributed by atoms with Gasteiger partial charge in [-0.3, -0.25) is 14.7 Å². The van der Waals surface area contributed by atoms with Crippen molar-refractivity contribution in [3.05, 3.63) is 34.3 Å². The fourth-order valence-electron chi connectivity index (χ4n) is 3.85. The molecule has 2 aliphatic heterocycles. The minimum absolute atomic E-state index is 0.0178. The van der Waals surface area contributed by atoms with Gasteiger partial charge in [0.25, 0.3) is 5.56 Å². The van der Waals surface area contributed by atoms with E-state index in [2.05, 4.69) is 39.3 Å². The monoisotopic (exact) mass is 342 g/mol. The number of hydrogen-bond donors (Lipinski definition) is 1. The molecule has 3 aliphatic rings. The maximum Gasteiger partial charge on any atom is 0.256 e. The van der Waals surface area contributed by atoms with Crippen LogP contribution in [-0.2, 0) is 0 Å². The first-order chi connectivity index (χ1) is 12.1. The van der Waals surface area contributed by atoms with Crippen LogP contribution in [0.5, 0.6) is 0 Å². The lowest BCUT2D eigenvalue weighted by atomic mass is 9.91. The number of rotatable bonds is 1. The Hall–Kier alpha value is -2.15. The fourth-order valence-corrected chi connectivity index (χ4v) is 3.85. The zero-order chi connectivity index (χ0) is 17.4. The van der Waals surface area contributed by atoms with Crippen LogP contribution in [0, 0.1) is 12.8 Å². The van der Waals surface area contributed by atoms with Crippen LogP contribution in [-0.4, -0.2) is 58.5 Å². The average molecular weight is 342 g/mol. The number of aliphatic imine (C=N–C) groups is 1. The van der Waals surface area contributed by atoms with Crippen LogP contribution in [0.3, 0.4) is 0 Å². The van der Waals surface area contributed by atoms with Gasteiger partial charge < -0.3 is 9.80 Å². The quantitative estimate of drug-likeness (QED) is 0.782. The summed E-state index contributed by atoms with van der Waals surface area (Å²) in [5.41, 5.74) is 0.724. The molecule has 0 bridgehead atoms. The largest absolute Gasteiger partial charge is 0.340 e. The lowest BCUT2D eigenvalue weighted by molar-refractivity contribution is 0.210. The van der Waals surface area contributed by atoms with E-state index >= 15 is 0 Å². The van der Waals surface area contributed by atoms with Gasteiger partial charge in [-0.15, -0.1) is 0 Å². The first-order valence-electron chi connectivity index (χ1n) is 9.15. The van der Waals surface area contributed by atoms with Crippen LogP contribution >= 0.6 is 0 Å². The molecule has 134 valence electrons. The molecule has 1 aromatic heterocycles. The molecule has 0 amide bonds. The molecule has 0 aromatic carbocycles. The number of anilines is 1. The second-order valence-corrected chi connectivity index (χ2v) is 7.26. The molecule has 0 saturated carbocycles. The summed E-state index contributed by atoms with van der Waals surface area (Å²) in [6.07, 6.45) is 7.34. The molecule has 1 aliphatic carbocycles. The van der Waals surface area contributed by atoms with E-state index in [0.29, 0.717) is 11.9 Å². The first-order valence-corrected chi connectivity index (χ1v) is 9.15. The first kappa shape index (κ1) is 16.3. The maximum atomic E-state index is 12.6. The second kappa shape index (κ2) is 6.63. The minimum atomic E-state index is -0.170. The average Bonchev–Trinajstić information content (AvgIpc) is 2.62. The number of aryl methyl sites for hydroxylation is 1. The number of piperazine rings is 1. The number of allylic oxidation sites excluding steroid dienone is 2. The van der Waals surface area contributed by atoms with Crippen molar-refractivity contribution in [2.75, 3.05) is 38.5 Å². The molecular weight excluding hydrogens is 316 g/mol. The SMILES string of the molecule is Cc1cc(=O)n2c(n1)NC(N1CCN(C)CC1)=N[C@@H]2[C@@H]1CC=CCC1. The third-order valence-electron chi connectivity index (χ3n) is 5.36. The van der Waals surface area contributed by atoms with Gasteiger partial charge in [0.2, 0.25) is 11.9 Å². The lowest BCUT2D eigenvalue weighted by Gasteiger charge is -2.38. The molecule has 7 heteroatoms. The standard InChI is InChI=1S/C18H26N6O/c1-13-12-15(25)24-16(14-6-4-3-5-7-14)20-17(21-18(24)19-13)23-10-8-22(2)9-11-23/h3-4,12,14,16H,5-11H2,1-2H3,(H,19,20,21)/t14-,16+/m1/s1. The number of hydrogen-bond acceptors (Lipinski definition) is 6. The van der Waals surface area contributed by atoms with Gasteiger partial charge in [0.15, 0.2) is 0 Å². The van der Waals surface area contributed by atoms with E-state index in [1.807, 2.05) is 6.92 Å². The Morgan fingerprint density at radius 3 is 2.72 bits per heavy atom. The highest BCUT2D eigenvalue weighted by Crippen LogP contribution is 2.33. The number of fused-ring (bicyclic) bond motifs is 1. The van der Waals surface area contributed by atoms with Gasteiger partial charge in [-0.05, 0) is 33.2 Å². The van der Waals surface area contributed by atoms with Crippen molar-refractivity contribution in [1.82, 2.24) is 19.4 Å². The molecular formula is C18H26N6O. The zero-order valence-electron chi connectivity index (χ0n) is 15.0. The number of nitrogens with one attached hydrogen (secondary N) is 1. The molecule has 7 nitrogen and oxygen atoms in total. The summed E-state index contributed by atoms with van der Waals surface area (Å²) >= 11 is 0. The molecule has 1 saturated heterocycles. The molecule has 0 radical (unpaired) electrons. The molecule has 1 aromatic rings. The van der Waals surface area contributed by atoms with Crippen molar-refractivity contribution in [2.45, 2.75) is 32.4 Å². The van der Waals surface area contributed by atoms with Crippen molar-refractivity contribution in [1.29, 1.82) is 0 Å². The van der Waals surface area contributed by atoms with Gasteiger partial charge in [-0.25, -0.2) is 9.98 Å². The molecule has 0 spiro atoms. The summed E-state index contributed by atoms with van der Waals surface area (Å²) < 4.78 is 1.75. The Bertz CT molecular complexity index is 759. The van der Waals surface area contributed by atoms with E-state index < -0.39 is 0 Å². The van der Waals surface area contributed by atoms with Crippen molar-refractivity contribution >= 4 is 11.9 Å². The predicted molar refractivity (Wildman–Crippen MR) is 98.9 cm³/mol. The van der Waals surface area contributed by atoms with E-state index in [-0.39, 0.29) is 11.7 Å². The normalized spacial score (nSPS) is 26.8. The fraction of sp³-hybridized carbons (Fsp3) is 0.611. The molecule has 4 rings (SSSR count). The molecule has 3 heterocycles. The molecule has 1 N–H and O–H groups in total. The second-order valence-electron chi connectivity index (χ2n) is 7.26. The summed E-state index contributed by atoms with van der Waals surface area (Å²) in [5, 5.41) is 3.32. The van der Waals surface area contributed by atoms with Gasteiger partial charge in [0.05, 0.1) is 0 Å². The van der Waals surface area contributed by atoms with E-state index in [1.165, 1.54) is 0 Å². The van der Waals surface area contributed by atoms with Crippen molar-refractivity contribution in [2.24, 2.45) is 10.9 Å². The summed E-state index contributed by atoms with van der Waals surface area (Å²) in [5.74, 6) is 1.84. The van der Waals surface area contributed by atoms with Crippen molar-refractivity contribution in [3.8, 4) is 0 Å². The van der Waals surface area contributed by atoms with E-state index in [1.54, 1.807) is 10.6 Å².